The summed E-state index contributed by atoms with van der Waals surface area (Å²) in [6.45, 7) is 1.23. The van der Waals surface area contributed by atoms with Crippen LogP contribution >= 0.6 is 23.2 Å². The minimum absolute atomic E-state index is 0.0291. The molecule has 234 valence electrons. The lowest BCUT2D eigenvalue weighted by Crippen LogP contribution is -2.47. The fourth-order valence-electron chi connectivity index (χ4n) is 4.71. The third-order valence-electron chi connectivity index (χ3n) is 6.80. The van der Waals surface area contributed by atoms with Gasteiger partial charge in [-0.3, -0.25) is 14.6 Å². The van der Waals surface area contributed by atoms with Gasteiger partial charge in [0.25, 0.3) is 0 Å². The number of alkyl halides is 3. The van der Waals surface area contributed by atoms with Gasteiger partial charge in [-0.2, -0.15) is 18.2 Å². The van der Waals surface area contributed by atoms with Crippen LogP contribution in [0.25, 0.3) is 0 Å². The molecule has 3 aromatic carbocycles. The molecule has 0 saturated carbocycles. The number of rotatable bonds is 8. The lowest BCUT2D eigenvalue weighted by atomic mass is 10.1. The minimum atomic E-state index is -4.63. The van der Waals surface area contributed by atoms with Crippen molar-refractivity contribution >= 4 is 64.0 Å². The minimum Gasteiger partial charge on any atom is -0.495 e. The first-order chi connectivity index (χ1) is 21.4. The number of hydrogen-bond acceptors (Lipinski definition) is 7. The highest BCUT2D eigenvalue weighted by atomic mass is 35.5. The first-order valence-corrected chi connectivity index (χ1v) is 14.0. The maximum atomic E-state index is 14.2. The van der Waals surface area contributed by atoms with E-state index in [4.69, 9.17) is 32.7 Å². The molecule has 1 aliphatic rings. The van der Waals surface area contributed by atoms with Crippen LogP contribution < -0.4 is 29.9 Å². The van der Waals surface area contributed by atoms with Gasteiger partial charge in [-0.1, -0.05) is 53.5 Å². The van der Waals surface area contributed by atoms with Gasteiger partial charge >= 0.3 is 12.2 Å². The summed E-state index contributed by atoms with van der Waals surface area (Å²) < 4.78 is 50.9. The van der Waals surface area contributed by atoms with Gasteiger partial charge in [0.05, 0.1) is 49.9 Å². The molecule has 15 heteroatoms. The molecule has 0 radical (unpaired) electrons. The summed E-state index contributed by atoms with van der Waals surface area (Å²) in [5.74, 6) is 0.119. The molecule has 0 saturated heterocycles. The Bertz CT molecular complexity index is 1750. The van der Waals surface area contributed by atoms with Crippen molar-refractivity contribution in [1.29, 1.82) is 0 Å². The first kappa shape index (κ1) is 31.7. The van der Waals surface area contributed by atoms with Gasteiger partial charge in [0, 0.05) is 24.8 Å². The van der Waals surface area contributed by atoms with Crippen LogP contribution in [0.3, 0.4) is 0 Å². The SMILES string of the molecule is COc1cc(OC)c(Cl)c(N2Cc3cnc(Nc4ccc(C(F)(F)F)cc4NC(C)=O)nc3N(Cc3ccccc3)C2=O)c1Cl. The molecule has 0 unspecified atom stereocenters. The van der Waals surface area contributed by atoms with E-state index in [1.54, 1.807) is 0 Å². The molecule has 0 fully saturated rings. The molecule has 45 heavy (non-hydrogen) atoms. The largest absolute Gasteiger partial charge is 0.495 e. The number of carbonyl (C=O) groups is 2. The average molecular weight is 661 g/mol. The van der Waals surface area contributed by atoms with Crippen LogP contribution in [0.5, 0.6) is 11.5 Å². The van der Waals surface area contributed by atoms with E-state index >= 15 is 0 Å². The predicted octanol–water partition coefficient (Wildman–Crippen LogP) is 7.67. The smallest absolute Gasteiger partial charge is 0.416 e. The number of hydrogen-bond donors (Lipinski definition) is 2. The van der Waals surface area contributed by atoms with Crippen LogP contribution in [0.4, 0.5) is 46.8 Å². The standard InChI is InChI=1S/C30H25Cl2F3N6O4/c1-16(42)37-21-11-19(30(33,34)35)9-10-20(21)38-28-36-13-18-15-40(26-24(31)22(44-2)12-23(45-3)25(26)32)29(43)41(27(18)39-28)14-17-7-5-4-6-8-17/h4-13H,14-15H2,1-3H3,(H,37,42)(H,36,38,39). The van der Waals surface area contributed by atoms with E-state index in [0.717, 1.165) is 23.8 Å². The van der Waals surface area contributed by atoms with Crippen molar-refractivity contribution in [1.82, 2.24) is 9.97 Å². The van der Waals surface area contributed by atoms with E-state index in [1.807, 2.05) is 30.3 Å². The number of ether oxygens (including phenoxy) is 2. The van der Waals surface area contributed by atoms with Crippen molar-refractivity contribution in [3.63, 3.8) is 0 Å². The molecule has 0 bridgehead atoms. The fraction of sp³-hybridized carbons (Fsp3) is 0.200. The molecule has 10 nitrogen and oxygen atoms in total. The Kier molecular flexibility index (Phi) is 8.94. The van der Waals surface area contributed by atoms with Gasteiger partial charge in [0.2, 0.25) is 11.9 Å². The topological polar surface area (TPSA) is 109 Å². The molecule has 0 aliphatic carbocycles. The van der Waals surface area contributed by atoms with E-state index < -0.39 is 23.7 Å². The number of nitrogens with zero attached hydrogens (tertiary/aromatic N) is 4. The number of methoxy groups -OCH3 is 2. The van der Waals surface area contributed by atoms with E-state index in [2.05, 4.69) is 20.6 Å². The Labute approximate surface area is 265 Å². The molecule has 5 rings (SSSR count). The number of halogens is 5. The Morgan fingerprint density at radius 3 is 2.27 bits per heavy atom. The normalized spacial score (nSPS) is 12.9. The maximum Gasteiger partial charge on any atom is 0.416 e. The van der Waals surface area contributed by atoms with Gasteiger partial charge < -0.3 is 20.1 Å². The second kappa shape index (κ2) is 12.7. The van der Waals surface area contributed by atoms with Gasteiger partial charge in [-0.05, 0) is 23.8 Å². The summed E-state index contributed by atoms with van der Waals surface area (Å²) in [4.78, 5) is 37.6. The second-order valence-corrected chi connectivity index (χ2v) is 10.6. The first-order valence-electron chi connectivity index (χ1n) is 13.3. The summed E-state index contributed by atoms with van der Waals surface area (Å²) in [5, 5.41) is 5.44. The van der Waals surface area contributed by atoms with Crippen molar-refractivity contribution in [2.24, 2.45) is 0 Å². The van der Waals surface area contributed by atoms with Gasteiger partial charge in [-0.15, -0.1) is 0 Å². The van der Waals surface area contributed by atoms with Crippen LogP contribution in [-0.4, -0.2) is 36.1 Å². The summed E-state index contributed by atoms with van der Waals surface area (Å²) in [6.07, 6.45) is -3.15. The van der Waals surface area contributed by atoms with Crippen LogP contribution in [0.2, 0.25) is 10.0 Å². The highest BCUT2D eigenvalue weighted by Crippen LogP contribution is 2.48. The fourth-order valence-corrected chi connectivity index (χ4v) is 5.42. The lowest BCUT2D eigenvalue weighted by molar-refractivity contribution is -0.137. The average Bonchev–Trinajstić information content (AvgIpc) is 3.00. The molecule has 0 spiro atoms. The predicted molar refractivity (Wildman–Crippen MR) is 165 cm³/mol. The van der Waals surface area contributed by atoms with E-state index in [1.165, 1.54) is 43.2 Å². The molecular formula is C30H25Cl2F3N6O4. The highest BCUT2D eigenvalue weighted by molar-refractivity contribution is 6.42. The lowest BCUT2D eigenvalue weighted by Gasteiger charge is -2.37. The number of carbonyl (C=O) groups excluding carboxylic acids is 2. The van der Waals surface area contributed by atoms with Gasteiger partial charge in [-0.25, -0.2) is 9.78 Å². The summed E-state index contributed by atoms with van der Waals surface area (Å²) in [5.41, 5.74) is 0.490. The monoisotopic (exact) mass is 660 g/mol. The van der Waals surface area contributed by atoms with Crippen LogP contribution in [0, 0.1) is 0 Å². The summed E-state index contributed by atoms with van der Waals surface area (Å²) >= 11 is 13.3. The summed E-state index contributed by atoms with van der Waals surface area (Å²) in [7, 11) is 2.84. The number of anilines is 5. The van der Waals surface area contributed by atoms with Crippen LogP contribution in [0.1, 0.15) is 23.6 Å². The Hall–Kier alpha value is -4.75. The van der Waals surface area contributed by atoms with Gasteiger partial charge in [0.1, 0.15) is 27.4 Å². The van der Waals surface area contributed by atoms with E-state index in [-0.39, 0.29) is 63.5 Å². The molecule has 2 heterocycles. The quantitative estimate of drug-likeness (QED) is 0.200. The Balaban J connectivity index is 1.59. The molecular weight excluding hydrogens is 636 g/mol. The van der Waals surface area contributed by atoms with Crippen LogP contribution in [-0.2, 0) is 24.1 Å². The summed E-state index contributed by atoms with van der Waals surface area (Å²) in [6, 6.07) is 13.0. The van der Waals surface area contributed by atoms with Crippen molar-refractivity contribution in [3.05, 3.63) is 87.5 Å². The highest BCUT2D eigenvalue weighted by Gasteiger charge is 2.37. The third-order valence-corrected chi connectivity index (χ3v) is 7.53. The molecule has 1 aliphatic heterocycles. The molecule has 1 aromatic heterocycles. The number of urea groups is 1. The van der Waals surface area contributed by atoms with Gasteiger partial charge in [0.15, 0.2) is 0 Å². The van der Waals surface area contributed by atoms with Crippen molar-refractivity contribution < 1.29 is 32.2 Å². The third kappa shape index (κ3) is 6.54. The zero-order valence-electron chi connectivity index (χ0n) is 24.0. The number of nitrogens with one attached hydrogen (secondary N) is 2. The molecule has 3 amide bonds. The zero-order chi connectivity index (χ0) is 32.5. The second-order valence-electron chi connectivity index (χ2n) is 9.80. The number of benzene rings is 3. The molecule has 0 atom stereocenters. The zero-order valence-corrected chi connectivity index (χ0v) is 25.5. The van der Waals surface area contributed by atoms with Crippen molar-refractivity contribution in [3.8, 4) is 11.5 Å². The maximum absolute atomic E-state index is 14.2. The van der Waals surface area contributed by atoms with Crippen LogP contribution in [0.15, 0.2) is 60.8 Å². The molecule has 2 N–H and O–H groups in total. The number of fused-ring (bicyclic) bond motifs is 1. The van der Waals surface area contributed by atoms with Crippen molar-refractivity contribution in [2.75, 3.05) is 34.7 Å². The molecule has 4 aromatic rings. The van der Waals surface area contributed by atoms with E-state index in [0.29, 0.717) is 5.56 Å². The number of amides is 3. The Morgan fingerprint density at radius 2 is 1.67 bits per heavy atom. The number of aromatic nitrogens is 2. The van der Waals surface area contributed by atoms with Crippen molar-refractivity contribution in [2.45, 2.75) is 26.2 Å². The Morgan fingerprint density at radius 1 is 1.00 bits per heavy atom. The van der Waals surface area contributed by atoms with E-state index in [9.17, 15) is 22.8 Å².